The minimum atomic E-state index is -0.682. The summed E-state index contributed by atoms with van der Waals surface area (Å²) in [5.41, 5.74) is 0.533. The van der Waals surface area contributed by atoms with Gasteiger partial charge in [-0.15, -0.1) is 0 Å². The van der Waals surface area contributed by atoms with Gasteiger partial charge in [-0.05, 0) is 48.5 Å². The van der Waals surface area contributed by atoms with E-state index in [0.717, 1.165) is 14.5 Å². The Morgan fingerprint density at radius 1 is 1.18 bits per heavy atom. The lowest BCUT2D eigenvalue weighted by atomic mass is 10.2. The molecule has 0 radical (unpaired) electrons. The van der Waals surface area contributed by atoms with Crippen molar-refractivity contribution in [3.8, 4) is 17.3 Å². The maximum absolute atomic E-state index is 13.4. The number of nitrogens with zero attached hydrogens (tertiary/aromatic N) is 4. The molecule has 190 valence electrons. The van der Waals surface area contributed by atoms with E-state index in [-0.39, 0.29) is 17.3 Å². The van der Waals surface area contributed by atoms with E-state index in [1.807, 2.05) is 12.1 Å². The van der Waals surface area contributed by atoms with Crippen molar-refractivity contribution in [3.63, 3.8) is 0 Å². The second-order valence-electron chi connectivity index (χ2n) is 7.96. The minimum Gasteiger partial charge on any atom is -0.475 e. The standard InChI is InChI=1S/C26H17BrN4O7/c1-36-24(32)14-37-22-8-6-15(10-20(22)31(34)35)13-28-30-25(29-19-5-3-2-4-18(19)26(30)33)23-12-16-11-17(27)7-9-21(16)38-23/h2-13H,14H2,1H3. The first-order valence-electron chi connectivity index (χ1n) is 11.1. The van der Waals surface area contributed by atoms with Crippen LogP contribution in [-0.2, 0) is 9.53 Å². The number of hydrogen-bond donors (Lipinski definition) is 0. The summed E-state index contributed by atoms with van der Waals surface area (Å²) in [6.45, 7) is -0.486. The first kappa shape index (κ1) is 24.8. The second kappa shape index (κ2) is 10.3. The Bertz CT molecular complexity index is 1810. The van der Waals surface area contributed by atoms with Crippen LogP contribution in [0.2, 0.25) is 0 Å². The zero-order chi connectivity index (χ0) is 26.8. The van der Waals surface area contributed by atoms with Crippen LogP contribution >= 0.6 is 15.9 Å². The molecular weight excluding hydrogens is 560 g/mol. The molecule has 0 unspecified atom stereocenters. The van der Waals surface area contributed by atoms with Crippen LogP contribution in [0, 0.1) is 10.1 Å². The molecule has 0 aliphatic heterocycles. The Morgan fingerprint density at radius 3 is 2.79 bits per heavy atom. The predicted octanol–water partition coefficient (Wildman–Crippen LogP) is 4.91. The van der Waals surface area contributed by atoms with Gasteiger partial charge in [-0.3, -0.25) is 14.9 Å². The van der Waals surface area contributed by atoms with E-state index in [1.165, 1.54) is 31.5 Å². The lowest BCUT2D eigenvalue weighted by Crippen LogP contribution is -2.20. The molecule has 5 rings (SSSR count). The summed E-state index contributed by atoms with van der Waals surface area (Å²) in [4.78, 5) is 40.3. The molecule has 3 aromatic carbocycles. The molecule has 5 aromatic rings. The number of esters is 1. The van der Waals surface area contributed by atoms with Gasteiger partial charge < -0.3 is 13.9 Å². The molecule has 0 fully saturated rings. The number of methoxy groups -OCH3 is 1. The van der Waals surface area contributed by atoms with Crippen molar-refractivity contribution in [1.29, 1.82) is 0 Å². The monoisotopic (exact) mass is 576 g/mol. The molecule has 2 heterocycles. The van der Waals surface area contributed by atoms with Gasteiger partial charge in [-0.2, -0.15) is 9.78 Å². The fourth-order valence-corrected chi connectivity index (χ4v) is 4.09. The fourth-order valence-electron chi connectivity index (χ4n) is 3.71. The number of aromatic nitrogens is 2. The van der Waals surface area contributed by atoms with Gasteiger partial charge in [0.25, 0.3) is 5.56 Å². The first-order chi connectivity index (χ1) is 18.3. The predicted molar refractivity (Wildman–Crippen MR) is 143 cm³/mol. The molecule has 2 aromatic heterocycles. The Balaban J connectivity index is 1.60. The third-order valence-corrected chi connectivity index (χ3v) is 6.02. The van der Waals surface area contributed by atoms with Gasteiger partial charge in [0, 0.05) is 21.5 Å². The fraction of sp³-hybridized carbons (Fsp3) is 0.0769. The molecular formula is C26H17BrN4O7. The van der Waals surface area contributed by atoms with E-state index in [9.17, 15) is 19.7 Å². The van der Waals surface area contributed by atoms with E-state index in [2.05, 4.69) is 30.8 Å². The molecule has 0 N–H and O–H groups in total. The number of rotatable bonds is 7. The van der Waals surface area contributed by atoms with Crippen molar-refractivity contribution in [1.82, 2.24) is 9.66 Å². The van der Waals surface area contributed by atoms with Gasteiger partial charge in [-0.1, -0.05) is 28.1 Å². The van der Waals surface area contributed by atoms with Crippen LogP contribution in [0.1, 0.15) is 5.56 Å². The quantitative estimate of drug-likeness (QED) is 0.115. The van der Waals surface area contributed by atoms with Crippen LogP contribution in [0.3, 0.4) is 0 Å². The molecule has 38 heavy (non-hydrogen) atoms. The lowest BCUT2D eigenvalue weighted by Gasteiger charge is -2.08. The van der Waals surface area contributed by atoms with Crippen LogP contribution in [0.4, 0.5) is 5.69 Å². The molecule has 0 saturated carbocycles. The average molecular weight is 577 g/mol. The van der Waals surface area contributed by atoms with Crippen LogP contribution in [0.25, 0.3) is 33.5 Å². The van der Waals surface area contributed by atoms with Gasteiger partial charge in [0.1, 0.15) is 5.58 Å². The molecule has 0 amide bonds. The smallest absolute Gasteiger partial charge is 0.343 e. The number of carbonyl (C=O) groups is 1. The van der Waals surface area contributed by atoms with E-state index in [4.69, 9.17) is 9.15 Å². The zero-order valence-corrected chi connectivity index (χ0v) is 21.2. The normalized spacial score (nSPS) is 11.3. The van der Waals surface area contributed by atoms with Gasteiger partial charge in [-0.25, -0.2) is 9.78 Å². The average Bonchev–Trinajstić information content (AvgIpc) is 3.34. The number of nitro benzene ring substituents is 1. The number of nitro groups is 1. The van der Waals surface area contributed by atoms with Crippen molar-refractivity contribution in [2.24, 2.45) is 5.10 Å². The SMILES string of the molecule is COC(=O)COc1ccc(C=Nn2c(-c3cc4cc(Br)ccc4o3)nc3ccccc3c2=O)cc1[N+](=O)[O-]. The number of furan rings is 1. The minimum absolute atomic E-state index is 0.115. The highest BCUT2D eigenvalue weighted by Crippen LogP contribution is 2.30. The largest absolute Gasteiger partial charge is 0.475 e. The van der Waals surface area contributed by atoms with Crippen molar-refractivity contribution < 1.29 is 23.6 Å². The third-order valence-electron chi connectivity index (χ3n) is 5.53. The van der Waals surface area contributed by atoms with Crippen LogP contribution in [0.15, 0.2) is 85.5 Å². The van der Waals surface area contributed by atoms with Crippen LogP contribution < -0.4 is 10.3 Å². The number of hydrogen-bond acceptors (Lipinski definition) is 9. The number of benzene rings is 3. The first-order valence-corrected chi connectivity index (χ1v) is 11.9. The number of para-hydroxylation sites is 1. The maximum Gasteiger partial charge on any atom is 0.343 e. The Morgan fingerprint density at radius 2 is 2.00 bits per heavy atom. The van der Waals surface area contributed by atoms with Crippen molar-refractivity contribution in [2.75, 3.05) is 13.7 Å². The summed E-state index contributed by atoms with van der Waals surface area (Å²) in [6.07, 6.45) is 1.29. The highest BCUT2D eigenvalue weighted by molar-refractivity contribution is 9.10. The highest BCUT2D eigenvalue weighted by atomic mass is 79.9. The van der Waals surface area contributed by atoms with Crippen LogP contribution in [-0.4, -0.2) is 40.5 Å². The molecule has 0 atom stereocenters. The Labute approximate surface area is 222 Å². The van der Waals surface area contributed by atoms with Gasteiger partial charge in [0.15, 0.2) is 18.1 Å². The summed E-state index contributed by atoms with van der Waals surface area (Å²) < 4.78 is 17.6. The number of carbonyl (C=O) groups excluding carboxylic acids is 1. The van der Waals surface area contributed by atoms with Gasteiger partial charge >= 0.3 is 11.7 Å². The lowest BCUT2D eigenvalue weighted by molar-refractivity contribution is -0.385. The van der Waals surface area contributed by atoms with E-state index >= 15 is 0 Å². The summed E-state index contributed by atoms with van der Waals surface area (Å²) in [7, 11) is 1.18. The highest BCUT2D eigenvalue weighted by Gasteiger charge is 2.19. The van der Waals surface area contributed by atoms with E-state index in [0.29, 0.717) is 27.8 Å². The molecule has 0 aliphatic rings. The van der Waals surface area contributed by atoms with E-state index in [1.54, 1.807) is 36.4 Å². The molecule has 0 bridgehead atoms. The number of halogens is 1. The molecule has 0 spiro atoms. The van der Waals surface area contributed by atoms with Crippen LogP contribution in [0.5, 0.6) is 5.75 Å². The summed E-state index contributed by atoms with van der Waals surface area (Å²) in [5.74, 6) is -0.324. The maximum atomic E-state index is 13.4. The number of fused-ring (bicyclic) bond motifs is 2. The Hall–Kier alpha value is -4.84. The summed E-state index contributed by atoms with van der Waals surface area (Å²) >= 11 is 3.43. The molecule has 0 aliphatic carbocycles. The van der Waals surface area contributed by atoms with E-state index < -0.39 is 23.1 Å². The zero-order valence-electron chi connectivity index (χ0n) is 19.7. The van der Waals surface area contributed by atoms with Gasteiger partial charge in [0.05, 0.1) is 29.2 Å². The summed E-state index contributed by atoms with van der Waals surface area (Å²) in [5, 5.41) is 17.0. The summed E-state index contributed by atoms with van der Waals surface area (Å²) in [6, 6.07) is 18.1. The van der Waals surface area contributed by atoms with Crippen molar-refractivity contribution in [3.05, 3.63) is 97.2 Å². The van der Waals surface area contributed by atoms with Crippen molar-refractivity contribution in [2.45, 2.75) is 0 Å². The number of ether oxygens (including phenoxy) is 2. The van der Waals surface area contributed by atoms with Crippen molar-refractivity contribution >= 4 is 55.7 Å². The topological polar surface area (TPSA) is 139 Å². The molecule has 0 saturated heterocycles. The molecule has 12 heteroatoms. The molecule has 11 nitrogen and oxygen atoms in total. The van der Waals surface area contributed by atoms with Gasteiger partial charge in [0.2, 0.25) is 5.82 Å². The second-order valence-corrected chi connectivity index (χ2v) is 8.87. The Kier molecular flexibility index (Phi) is 6.71. The third kappa shape index (κ3) is 4.89.